The fourth-order valence-corrected chi connectivity index (χ4v) is 3.67. The highest BCUT2D eigenvalue weighted by Crippen LogP contribution is 2.21. The van der Waals surface area contributed by atoms with Crippen LogP contribution in [0.3, 0.4) is 0 Å². The zero-order chi connectivity index (χ0) is 20.6. The van der Waals surface area contributed by atoms with Gasteiger partial charge < -0.3 is 15.0 Å². The molecule has 29 heavy (non-hydrogen) atoms. The third kappa shape index (κ3) is 5.57. The van der Waals surface area contributed by atoms with Crippen molar-refractivity contribution in [2.24, 2.45) is 0 Å². The summed E-state index contributed by atoms with van der Waals surface area (Å²) in [6.45, 7) is 4.24. The van der Waals surface area contributed by atoms with E-state index in [1.165, 1.54) is 0 Å². The highest BCUT2D eigenvalue weighted by atomic mass is 16.5. The molecule has 1 aliphatic heterocycles. The number of benzene rings is 2. The van der Waals surface area contributed by atoms with Gasteiger partial charge in [0.2, 0.25) is 11.8 Å². The second kappa shape index (κ2) is 10.1. The smallest absolute Gasteiger partial charge is 0.241 e. The first-order chi connectivity index (χ1) is 14.1. The second-order valence-electron chi connectivity index (χ2n) is 7.24. The molecule has 154 valence electrons. The largest absolute Gasteiger partial charge is 0.497 e. The molecule has 3 rings (SSSR count). The Morgan fingerprint density at radius 2 is 1.86 bits per heavy atom. The van der Waals surface area contributed by atoms with Crippen molar-refractivity contribution in [3.8, 4) is 5.75 Å². The fourth-order valence-electron chi connectivity index (χ4n) is 3.67. The van der Waals surface area contributed by atoms with Crippen LogP contribution in [0.15, 0.2) is 54.6 Å². The number of amides is 2. The van der Waals surface area contributed by atoms with Crippen molar-refractivity contribution in [2.45, 2.75) is 32.4 Å². The molecule has 0 saturated carbocycles. The highest BCUT2D eigenvalue weighted by molar-refractivity contribution is 5.95. The van der Waals surface area contributed by atoms with Gasteiger partial charge in [-0.2, -0.15) is 0 Å². The maximum absolute atomic E-state index is 12.9. The Bertz CT molecular complexity index is 808. The molecule has 2 aromatic carbocycles. The molecule has 1 unspecified atom stereocenters. The van der Waals surface area contributed by atoms with Crippen LogP contribution in [0.25, 0.3) is 0 Å². The van der Waals surface area contributed by atoms with E-state index in [2.05, 4.69) is 5.32 Å². The van der Waals surface area contributed by atoms with Gasteiger partial charge in [-0.05, 0) is 56.1 Å². The number of anilines is 1. The summed E-state index contributed by atoms with van der Waals surface area (Å²) in [6, 6.07) is 17.0. The Morgan fingerprint density at radius 3 is 2.52 bits per heavy atom. The molecule has 6 nitrogen and oxygen atoms in total. The summed E-state index contributed by atoms with van der Waals surface area (Å²) in [5.74, 6) is 0.737. The van der Waals surface area contributed by atoms with Crippen LogP contribution in [-0.4, -0.2) is 54.4 Å². The Morgan fingerprint density at radius 1 is 1.14 bits per heavy atom. The van der Waals surface area contributed by atoms with Crippen molar-refractivity contribution >= 4 is 17.5 Å². The van der Waals surface area contributed by atoms with E-state index in [1.54, 1.807) is 7.11 Å². The monoisotopic (exact) mass is 395 g/mol. The van der Waals surface area contributed by atoms with Crippen molar-refractivity contribution in [2.75, 3.05) is 32.1 Å². The summed E-state index contributed by atoms with van der Waals surface area (Å²) in [5.41, 5.74) is 1.84. The standard InChI is InChI=1S/C23H29N3O3/c1-3-25(16-18-8-5-4-6-9-18)22(27)17-26-15-7-10-21(26)23(28)24-19-11-13-20(29-2)14-12-19/h4-6,8-9,11-14,21H,3,7,10,15-17H2,1-2H3,(H,24,28). The van der Waals surface area contributed by atoms with Crippen LogP contribution < -0.4 is 10.1 Å². The first-order valence-electron chi connectivity index (χ1n) is 10.1. The number of likely N-dealkylation sites (N-methyl/N-ethyl adjacent to an activating group) is 1. The third-order valence-corrected chi connectivity index (χ3v) is 5.31. The number of carbonyl (C=O) groups is 2. The molecule has 1 aliphatic rings. The molecule has 1 atom stereocenters. The zero-order valence-electron chi connectivity index (χ0n) is 17.1. The molecular weight excluding hydrogens is 366 g/mol. The number of ether oxygens (including phenoxy) is 1. The van der Waals surface area contributed by atoms with Gasteiger partial charge in [-0.1, -0.05) is 30.3 Å². The summed E-state index contributed by atoms with van der Waals surface area (Å²) < 4.78 is 5.15. The molecule has 0 bridgehead atoms. The predicted octanol–water partition coefficient (Wildman–Crippen LogP) is 3.15. The molecule has 1 saturated heterocycles. The van der Waals surface area contributed by atoms with Gasteiger partial charge in [-0.3, -0.25) is 14.5 Å². The van der Waals surface area contributed by atoms with Gasteiger partial charge in [-0.25, -0.2) is 0 Å². The topological polar surface area (TPSA) is 61.9 Å². The van der Waals surface area contributed by atoms with Gasteiger partial charge in [0.15, 0.2) is 0 Å². The van der Waals surface area contributed by atoms with Crippen molar-refractivity contribution in [1.82, 2.24) is 9.80 Å². The number of rotatable bonds is 8. The molecule has 1 fully saturated rings. The lowest BCUT2D eigenvalue weighted by Gasteiger charge is -2.27. The molecule has 0 spiro atoms. The summed E-state index contributed by atoms with van der Waals surface area (Å²) in [6.07, 6.45) is 1.68. The Hall–Kier alpha value is -2.86. The van der Waals surface area contributed by atoms with Crippen LogP contribution >= 0.6 is 0 Å². The maximum atomic E-state index is 12.9. The molecule has 0 aromatic heterocycles. The summed E-state index contributed by atoms with van der Waals surface area (Å²) in [4.78, 5) is 29.5. The van der Waals surface area contributed by atoms with E-state index in [9.17, 15) is 9.59 Å². The molecule has 0 aliphatic carbocycles. The minimum Gasteiger partial charge on any atom is -0.497 e. The number of hydrogen-bond acceptors (Lipinski definition) is 4. The van der Waals surface area contributed by atoms with Gasteiger partial charge >= 0.3 is 0 Å². The minimum atomic E-state index is -0.281. The van der Waals surface area contributed by atoms with Gasteiger partial charge in [0.25, 0.3) is 0 Å². The first kappa shape index (κ1) is 20.9. The van der Waals surface area contributed by atoms with E-state index < -0.39 is 0 Å². The number of nitrogens with one attached hydrogen (secondary N) is 1. The molecular formula is C23H29N3O3. The zero-order valence-corrected chi connectivity index (χ0v) is 17.1. The SMILES string of the molecule is CCN(Cc1ccccc1)C(=O)CN1CCCC1C(=O)Nc1ccc(OC)cc1. The average molecular weight is 396 g/mol. The number of carbonyl (C=O) groups excluding carboxylic acids is 2. The second-order valence-corrected chi connectivity index (χ2v) is 7.24. The van der Waals surface area contributed by atoms with E-state index in [4.69, 9.17) is 4.74 Å². The average Bonchev–Trinajstić information content (AvgIpc) is 3.21. The first-order valence-corrected chi connectivity index (χ1v) is 10.1. The summed E-state index contributed by atoms with van der Waals surface area (Å²) in [5, 5.41) is 2.96. The van der Waals surface area contributed by atoms with Crippen LogP contribution in [0.5, 0.6) is 5.75 Å². The van der Waals surface area contributed by atoms with Crippen molar-refractivity contribution in [3.63, 3.8) is 0 Å². The normalized spacial score (nSPS) is 16.4. The van der Waals surface area contributed by atoms with Gasteiger partial charge in [0.1, 0.15) is 5.75 Å². The quantitative estimate of drug-likeness (QED) is 0.746. The van der Waals surface area contributed by atoms with E-state index in [0.717, 1.165) is 36.4 Å². The van der Waals surface area contributed by atoms with Gasteiger partial charge in [-0.15, -0.1) is 0 Å². The fraction of sp³-hybridized carbons (Fsp3) is 0.391. The van der Waals surface area contributed by atoms with E-state index >= 15 is 0 Å². The molecule has 1 N–H and O–H groups in total. The minimum absolute atomic E-state index is 0.0560. The number of methoxy groups -OCH3 is 1. The third-order valence-electron chi connectivity index (χ3n) is 5.31. The van der Waals surface area contributed by atoms with E-state index in [0.29, 0.717) is 13.1 Å². The van der Waals surface area contributed by atoms with Crippen LogP contribution in [0.4, 0.5) is 5.69 Å². The molecule has 0 radical (unpaired) electrons. The molecule has 1 heterocycles. The van der Waals surface area contributed by atoms with E-state index in [-0.39, 0.29) is 24.4 Å². The number of likely N-dealkylation sites (tertiary alicyclic amines) is 1. The lowest BCUT2D eigenvalue weighted by Crippen LogP contribution is -2.46. The predicted molar refractivity (Wildman–Crippen MR) is 114 cm³/mol. The van der Waals surface area contributed by atoms with Crippen LogP contribution in [0, 0.1) is 0 Å². The van der Waals surface area contributed by atoms with Crippen molar-refractivity contribution < 1.29 is 14.3 Å². The Balaban J connectivity index is 1.58. The summed E-state index contributed by atoms with van der Waals surface area (Å²) in [7, 11) is 1.61. The van der Waals surface area contributed by atoms with Crippen LogP contribution in [-0.2, 0) is 16.1 Å². The van der Waals surface area contributed by atoms with Gasteiger partial charge in [0, 0.05) is 18.8 Å². The van der Waals surface area contributed by atoms with Crippen LogP contribution in [0.1, 0.15) is 25.3 Å². The molecule has 6 heteroatoms. The molecule has 2 amide bonds. The molecule has 2 aromatic rings. The maximum Gasteiger partial charge on any atom is 0.241 e. The van der Waals surface area contributed by atoms with Crippen LogP contribution in [0.2, 0.25) is 0 Å². The lowest BCUT2D eigenvalue weighted by atomic mass is 10.2. The number of nitrogens with zero attached hydrogens (tertiary/aromatic N) is 2. The summed E-state index contributed by atoms with van der Waals surface area (Å²) >= 11 is 0. The van der Waals surface area contributed by atoms with Crippen molar-refractivity contribution in [1.29, 1.82) is 0 Å². The van der Waals surface area contributed by atoms with Crippen molar-refractivity contribution in [3.05, 3.63) is 60.2 Å². The van der Waals surface area contributed by atoms with E-state index in [1.807, 2.05) is 71.3 Å². The Kier molecular flexibility index (Phi) is 7.25. The number of hydrogen-bond donors (Lipinski definition) is 1. The Labute approximate surface area is 172 Å². The highest BCUT2D eigenvalue weighted by Gasteiger charge is 2.32. The lowest BCUT2D eigenvalue weighted by molar-refractivity contribution is -0.133. The van der Waals surface area contributed by atoms with Gasteiger partial charge in [0.05, 0.1) is 19.7 Å².